The van der Waals surface area contributed by atoms with Gasteiger partial charge in [0.2, 0.25) is 0 Å². The van der Waals surface area contributed by atoms with Crippen LogP contribution in [0.25, 0.3) is 0 Å². The maximum atomic E-state index is 12.9. The lowest BCUT2D eigenvalue weighted by molar-refractivity contribution is -0.166. The summed E-state index contributed by atoms with van der Waals surface area (Å²) in [6, 6.07) is 0. The highest BCUT2D eigenvalue weighted by Gasteiger charge is 2.19. The molecule has 448 valence electrons. The summed E-state index contributed by atoms with van der Waals surface area (Å²) >= 11 is 0. The predicted octanol–water partition coefficient (Wildman–Crippen LogP) is 22.0. The van der Waals surface area contributed by atoms with Gasteiger partial charge >= 0.3 is 17.9 Å². The van der Waals surface area contributed by atoms with Crippen LogP contribution in [-0.4, -0.2) is 37.2 Å². The smallest absolute Gasteiger partial charge is 0.306 e. The van der Waals surface area contributed by atoms with Crippen LogP contribution in [0.2, 0.25) is 0 Å². The number of unbranched alkanes of at least 4 members (excludes halogenated alkanes) is 9. The van der Waals surface area contributed by atoms with Gasteiger partial charge in [0.25, 0.3) is 0 Å². The number of allylic oxidation sites excluding steroid dienone is 34. The molecule has 0 heterocycles. The van der Waals surface area contributed by atoms with E-state index in [1.807, 2.05) is 12.2 Å². The summed E-state index contributed by atoms with van der Waals surface area (Å²) in [5.74, 6) is -1.08. The average molecular weight is 1110 g/mol. The number of hydrogen-bond acceptors (Lipinski definition) is 6. The molecule has 0 spiro atoms. The molecule has 0 saturated carbocycles. The van der Waals surface area contributed by atoms with Crippen LogP contribution in [-0.2, 0) is 28.6 Å². The first-order chi connectivity index (χ1) is 40.0. The molecule has 0 rings (SSSR count). The Labute approximate surface area is 496 Å². The molecular weight excluding hydrogens is 997 g/mol. The Morgan fingerprint density at radius 1 is 0.247 bits per heavy atom. The van der Waals surface area contributed by atoms with Gasteiger partial charge in [0.1, 0.15) is 13.2 Å². The summed E-state index contributed by atoms with van der Waals surface area (Å²) in [5.41, 5.74) is 0. The Balaban J connectivity index is 4.59. The Morgan fingerprint density at radius 2 is 0.469 bits per heavy atom. The van der Waals surface area contributed by atoms with Crippen molar-refractivity contribution in [1.29, 1.82) is 0 Å². The maximum Gasteiger partial charge on any atom is 0.306 e. The Bertz CT molecular complexity index is 2000. The molecule has 0 aliphatic rings. The van der Waals surface area contributed by atoms with Crippen LogP contribution in [0.1, 0.15) is 226 Å². The van der Waals surface area contributed by atoms with Crippen LogP contribution in [0.4, 0.5) is 0 Å². The molecule has 81 heavy (non-hydrogen) atoms. The zero-order chi connectivity index (χ0) is 58.5. The van der Waals surface area contributed by atoms with Gasteiger partial charge in [-0.05, 0) is 154 Å². The lowest BCUT2D eigenvalue weighted by atomic mass is 10.1. The van der Waals surface area contributed by atoms with Crippen molar-refractivity contribution in [3.63, 3.8) is 0 Å². The fraction of sp³-hybridized carbons (Fsp3) is 0.507. The van der Waals surface area contributed by atoms with E-state index in [0.29, 0.717) is 19.3 Å². The molecule has 0 N–H and O–H groups in total. The fourth-order valence-electron chi connectivity index (χ4n) is 7.67. The van der Waals surface area contributed by atoms with Crippen molar-refractivity contribution in [2.75, 3.05) is 13.2 Å². The topological polar surface area (TPSA) is 78.9 Å². The first-order valence-corrected chi connectivity index (χ1v) is 31.6. The van der Waals surface area contributed by atoms with Gasteiger partial charge in [-0.1, -0.05) is 259 Å². The lowest BCUT2D eigenvalue weighted by Gasteiger charge is -2.18. The monoisotopic (exact) mass is 1110 g/mol. The summed E-state index contributed by atoms with van der Waals surface area (Å²) in [4.78, 5) is 38.3. The predicted molar refractivity (Wildman–Crippen MR) is 352 cm³/mol. The second-order valence-corrected chi connectivity index (χ2v) is 19.8. The summed E-state index contributed by atoms with van der Waals surface area (Å²) in [7, 11) is 0. The van der Waals surface area contributed by atoms with Crippen LogP contribution in [0.5, 0.6) is 0 Å². The Kier molecular flexibility index (Phi) is 61.6. The summed E-state index contributed by atoms with van der Waals surface area (Å²) in [6.45, 7) is 6.18. The standard InChI is InChI=1S/C75H112O6/c1-4-7-10-13-16-19-22-25-28-31-33-34-35-36-37-38-39-40-42-44-47-50-53-56-59-62-65-68-74(77)80-71-72(70-79-73(76)67-64-61-58-55-52-49-46-43-30-27-24-21-18-15-12-9-6-3)81-75(78)69-66-63-60-57-54-51-48-45-41-32-29-26-23-20-17-14-11-8-5-2/h7-12,16-21,25-30,33-34,36-37,39-41,44-47,49,51,54,60,63,72H,4-6,13-15,22-24,31-32,35,38,42-43,48,50,52-53,55-59,61-62,64-71H2,1-3H3/b10-7-,11-8-,12-9-,19-16-,20-17-,21-18-,28-25-,29-26-,30-27-,34-33-,37-36-,40-39-,45-41-,47-44-,49-46-,54-51-,63-60-. The van der Waals surface area contributed by atoms with E-state index in [9.17, 15) is 14.4 Å². The Morgan fingerprint density at radius 3 is 0.741 bits per heavy atom. The molecule has 0 amide bonds. The molecule has 6 nitrogen and oxygen atoms in total. The molecule has 0 bridgehead atoms. The number of carbonyl (C=O) groups is 3. The maximum absolute atomic E-state index is 12.9. The van der Waals surface area contributed by atoms with Crippen molar-refractivity contribution in [2.24, 2.45) is 0 Å². The first-order valence-electron chi connectivity index (χ1n) is 31.6. The normalized spacial score (nSPS) is 13.6. The molecule has 0 fully saturated rings. The van der Waals surface area contributed by atoms with Gasteiger partial charge in [-0.2, -0.15) is 0 Å². The molecule has 0 aromatic carbocycles. The van der Waals surface area contributed by atoms with Crippen LogP contribution >= 0.6 is 0 Å². The van der Waals surface area contributed by atoms with E-state index in [2.05, 4.69) is 215 Å². The largest absolute Gasteiger partial charge is 0.462 e. The molecule has 6 heteroatoms. The van der Waals surface area contributed by atoms with E-state index in [1.54, 1.807) is 0 Å². The van der Waals surface area contributed by atoms with Gasteiger partial charge in [0.05, 0.1) is 0 Å². The second kappa shape index (κ2) is 66.5. The van der Waals surface area contributed by atoms with Crippen molar-refractivity contribution < 1.29 is 28.6 Å². The summed E-state index contributed by atoms with van der Waals surface area (Å²) in [5, 5.41) is 0. The molecular formula is C75H112O6. The molecule has 0 aliphatic heterocycles. The van der Waals surface area contributed by atoms with E-state index in [0.717, 1.165) is 180 Å². The van der Waals surface area contributed by atoms with Crippen molar-refractivity contribution in [1.82, 2.24) is 0 Å². The summed E-state index contributed by atoms with van der Waals surface area (Å²) < 4.78 is 16.8. The molecule has 0 saturated heterocycles. The molecule has 0 aromatic rings. The molecule has 0 aromatic heterocycles. The van der Waals surface area contributed by atoms with Crippen molar-refractivity contribution in [3.05, 3.63) is 207 Å². The summed E-state index contributed by atoms with van der Waals surface area (Å²) in [6.07, 6.45) is 103. The number of hydrogen-bond donors (Lipinski definition) is 0. The van der Waals surface area contributed by atoms with Crippen LogP contribution < -0.4 is 0 Å². The van der Waals surface area contributed by atoms with Crippen LogP contribution in [0, 0.1) is 0 Å². The molecule has 1 unspecified atom stereocenters. The SMILES string of the molecule is CC/C=C\C/C=C\C/C=C\C/C=C\C/C=C\C/C=C\C/C=C\CCCCCCCC(=O)OCC(COC(=O)CCCCCC/C=C\C/C=C\C/C=C\C/C=C\CC)OC(=O)CC/C=C\C/C=C\C/C=C\C/C=C\C/C=C\C/C=C\CC. The number of rotatable bonds is 54. The number of carbonyl (C=O) groups excluding carboxylic acids is 3. The van der Waals surface area contributed by atoms with Crippen molar-refractivity contribution >= 4 is 17.9 Å². The Hall–Kier alpha value is -6.01. The zero-order valence-electron chi connectivity index (χ0n) is 51.2. The van der Waals surface area contributed by atoms with Gasteiger partial charge in [-0.25, -0.2) is 0 Å². The van der Waals surface area contributed by atoms with Crippen molar-refractivity contribution in [2.45, 2.75) is 232 Å². The number of ether oxygens (including phenoxy) is 3. The van der Waals surface area contributed by atoms with Crippen LogP contribution in [0.3, 0.4) is 0 Å². The molecule has 0 aliphatic carbocycles. The highest BCUT2D eigenvalue weighted by molar-refractivity contribution is 5.71. The fourth-order valence-corrected chi connectivity index (χ4v) is 7.67. The highest BCUT2D eigenvalue weighted by Crippen LogP contribution is 2.12. The minimum absolute atomic E-state index is 0.139. The third kappa shape index (κ3) is 64.7. The lowest BCUT2D eigenvalue weighted by Crippen LogP contribution is -2.30. The first kappa shape index (κ1) is 75.0. The third-order valence-electron chi connectivity index (χ3n) is 12.3. The van der Waals surface area contributed by atoms with E-state index in [1.165, 1.54) is 0 Å². The van der Waals surface area contributed by atoms with Gasteiger partial charge < -0.3 is 14.2 Å². The average Bonchev–Trinajstić information content (AvgIpc) is 3.47. The van der Waals surface area contributed by atoms with Crippen molar-refractivity contribution in [3.8, 4) is 0 Å². The zero-order valence-corrected chi connectivity index (χ0v) is 51.2. The number of esters is 3. The van der Waals surface area contributed by atoms with E-state index in [-0.39, 0.29) is 31.6 Å². The third-order valence-corrected chi connectivity index (χ3v) is 12.3. The van der Waals surface area contributed by atoms with E-state index < -0.39 is 12.1 Å². The van der Waals surface area contributed by atoms with Crippen LogP contribution in [0.15, 0.2) is 207 Å². The van der Waals surface area contributed by atoms with E-state index in [4.69, 9.17) is 14.2 Å². The second-order valence-electron chi connectivity index (χ2n) is 19.8. The minimum atomic E-state index is -0.853. The van der Waals surface area contributed by atoms with Gasteiger partial charge in [-0.3, -0.25) is 14.4 Å². The molecule has 1 atom stereocenters. The quantitative estimate of drug-likeness (QED) is 0.0261. The highest BCUT2D eigenvalue weighted by atomic mass is 16.6. The molecule has 0 radical (unpaired) electrons. The van der Waals surface area contributed by atoms with E-state index >= 15 is 0 Å². The van der Waals surface area contributed by atoms with Gasteiger partial charge in [0, 0.05) is 19.3 Å². The minimum Gasteiger partial charge on any atom is -0.462 e. The van der Waals surface area contributed by atoms with Gasteiger partial charge in [-0.15, -0.1) is 0 Å². The van der Waals surface area contributed by atoms with Gasteiger partial charge in [0.15, 0.2) is 6.10 Å².